The molecule has 0 radical (unpaired) electrons. The van der Waals surface area contributed by atoms with Gasteiger partial charge in [-0.1, -0.05) is 11.6 Å². The zero-order valence-electron chi connectivity index (χ0n) is 14.4. The lowest BCUT2D eigenvalue weighted by Gasteiger charge is -2.22. The zero-order valence-corrected chi connectivity index (χ0v) is 15.1. The van der Waals surface area contributed by atoms with Gasteiger partial charge >= 0.3 is 5.97 Å². The van der Waals surface area contributed by atoms with E-state index in [2.05, 4.69) is 5.32 Å². The molecule has 0 spiro atoms. The number of methoxy groups -OCH3 is 1. The van der Waals surface area contributed by atoms with E-state index in [1.165, 1.54) is 7.11 Å². The minimum Gasteiger partial charge on any atom is -0.481 e. The highest BCUT2D eigenvalue weighted by Crippen LogP contribution is 2.12. The third-order valence-electron chi connectivity index (χ3n) is 3.42. The molecular weight excluding hydrogens is 350 g/mol. The van der Waals surface area contributed by atoms with Gasteiger partial charge < -0.3 is 24.6 Å². The van der Waals surface area contributed by atoms with Crippen LogP contribution in [-0.4, -0.2) is 56.7 Å². The molecular formula is C17H24ClNO6. The van der Waals surface area contributed by atoms with Crippen LogP contribution in [0.4, 0.5) is 0 Å². The maximum Gasteiger partial charge on any atom is 0.308 e. The number of carboxylic acids is 1. The summed E-state index contributed by atoms with van der Waals surface area (Å²) in [5, 5.41) is 12.6. The van der Waals surface area contributed by atoms with Gasteiger partial charge in [-0.3, -0.25) is 9.59 Å². The van der Waals surface area contributed by atoms with Crippen LogP contribution in [0.25, 0.3) is 0 Å². The molecule has 7 nitrogen and oxygen atoms in total. The Bertz CT molecular complexity index is 536. The monoisotopic (exact) mass is 373 g/mol. The molecule has 0 fully saturated rings. The van der Waals surface area contributed by atoms with Crippen LogP contribution in [0.1, 0.15) is 23.7 Å². The molecule has 0 saturated carbocycles. The van der Waals surface area contributed by atoms with Gasteiger partial charge in [0.1, 0.15) is 6.79 Å². The summed E-state index contributed by atoms with van der Waals surface area (Å²) in [6.45, 7) is 2.60. The molecule has 8 heteroatoms. The third-order valence-corrected chi connectivity index (χ3v) is 3.67. The first kappa shape index (κ1) is 21.4. The van der Waals surface area contributed by atoms with Gasteiger partial charge in [-0.25, -0.2) is 0 Å². The predicted molar refractivity (Wildman–Crippen MR) is 92.8 cm³/mol. The highest BCUT2D eigenvalue weighted by molar-refractivity contribution is 6.30. The molecule has 0 aliphatic carbocycles. The molecule has 0 heterocycles. The lowest BCUT2D eigenvalue weighted by molar-refractivity contribution is -0.144. The molecule has 25 heavy (non-hydrogen) atoms. The van der Waals surface area contributed by atoms with Gasteiger partial charge in [0.25, 0.3) is 5.91 Å². The molecule has 140 valence electrons. The quantitative estimate of drug-likeness (QED) is 0.431. The van der Waals surface area contributed by atoms with E-state index in [1.807, 2.05) is 6.92 Å². The number of benzene rings is 1. The molecule has 1 aromatic carbocycles. The predicted octanol–water partition coefficient (Wildman–Crippen LogP) is 2.19. The number of hydrogen-bond donors (Lipinski definition) is 2. The van der Waals surface area contributed by atoms with Crippen molar-refractivity contribution in [1.29, 1.82) is 0 Å². The van der Waals surface area contributed by atoms with Gasteiger partial charge in [-0.15, -0.1) is 0 Å². The van der Waals surface area contributed by atoms with Gasteiger partial charge in [0.2, 0.25) is 0 Å². The number of carbonyl (C=O) groups is 2. The van der Waals surface area contributed by atoms with E-state index in [4.69, 9.17) is 25.8 Å². The van der Waals surface area contributed by atoms with Crippen LogP contribution in [0.5, 0.6) is 0 Å². The average molecular weight is 374 g/mol. The number of carboxylic acid groups (broad SMARTS) is 1. The summed E-state index contributed by atoms with van der Waals surface area (Å²) in [6.07, 6.45) is 0.175. The molecule has 2 atom stereocenters. The Morgan fingerprint density at radius 1 is 1.20 bits per heavy atom. The molecule has 0 bridgehead atoms. The maximum absolute atomic E-state index is 12.3. The van der Waals surface area contributed by atoms with Crippen molar-refractivity contribution in [2.45, 2.75) is 19.4 Å². The van der Waals surface area contributed by atoms with E-state index >= 15 is 0 Å². The molecule has 0 saturated heterocycles. The first-order valence-electron chi connectivity index (χ1n) is 7.91. The van der Waals surface area contributed by atoms with E-state index in [1.54, 1.807) is 24.3 Å². The lowest BCUT2D eigenvalue weighted by atomic mass is 10.0. The number of aliphatic carboxylic acids is 1. The highest BCUT2D eigenvalue weighted by atomic mass is 35.5. The van der Waals surface area contributed by atoms with Crippen molar-refractivity contribution in [3.8, 4) is 0 Å². The molecule has 2 N–H and O–H groups in total. The summed E-state index contributed by atoms with van der Waals surface area (Å²) in [7, 11) is 1.43. The lowest BCUT2D eigenvalue weighted by Crippen LogP contribution is -2.41. The number of amides is 1. The first-order chi connectivity index (χ1) is 12.0. The SMILES string of the molecule is CCOCOC[C@@H](C[C@@H](COC)C(=O)O)NC(=O)c1ccc(Cl)cc1. The van der Waals surface area contributed by atoms with Crippen molar-refractivity contribution in [2.24, 2.45) is 5.92 Å². The normalized spacial score (nSPS) is 13.2. The smallest absolute Gasteiger partial charge is 0.308 e. The van der Waals surface area contributed by atoms with Gasteiger partial charge in [0, 0.05) is 24.3 Å². The number of nitrogens with one attached hydrogen (secondary N) is 1. The van der Waals surface area contributed by atoms with Crippen LogP contribution in [-0.2, 0) is 19.0 Å². The second-order valence-corrected chi connectivity index (χ2v) is 5.82. The fraction of sp³-hybridized carbons (Fsp3) is 0.529. The summed E-state index contributed by atoms with van der Waals surface area (Å²) in [5.41, 5.74) is 0.429. The fourth-order valence-electron chi connectivity index (χ4n) is 2.16. The van der Waals surface area contributed by atoms with Gasteiger partial charge in [0.05, 0.1) is 25.2 Å². The standard InChI is InChI=1S/C17H24ClNO6/c1-3-24-11-25-10-15(8-13(9-23-2)17(21)22)19-16(20)12-4-6-14(18)7-5-12/h4-7,13,15H,3,8-11H2,1-2H3,(H,19,20)(H,21,22)/t13-,15+/m0/s1. The van der Waals surface area contributed by atoms with Crippen molar-refractivity contribution in [3.05, 3.63) is 34.9 Å². The van der Waals surface area contributed by atoms with Crippen LogP contribution in [0, 0.1) is 5.92 Å². The minimum absolute atomic E-state index is 0.0497. The van der Waals surface area contributed by atoms with E-state index in [9.17, 15) is 14.7 Å². The third kappa shape index (κ3) is 8.31. The van der Waals surface area contributed by atoms with Crippen molar-refractivity contribution < 1.29 is 28.9 Å². The fourth-order valence-corrected chi connectivity index (χ4v) is 2.28. The molecule has 0 aromatic heterocycles. The van der Waals surface area contributed by atoms with E-state index in [0.717, 1.165) is 0 Å². The second kappa shape index (κ2) is 11.8. The Hall–Kier alpha value is -1.67. The van der Waals surface area contributed by atoms with Crippen LogP contribution < -0.4 is 5.32 Å². The summed E-state index contributed by atoms with van der Waals surface area (Å²) in [6, 6.07) is 5.92. The largest absolute Gasteiger partial charge is 0.481 e. The van der Waals surface area contributed by atoms with Gasteiger partial charge in [-0.2, -0.15) is 0 Å². The Balaban J connectivity index is 2.72. The van der Waals surface area contributed by atoms with Crippen LogP contribution in [0.3, 0.4) is 0 Å². The summed E-state index contributed by atoms with van der Waals surface area (Å²) < 4.78 is 15.4. The molecule has 0 aliphatic heterocycles. The molecule has 1 amide bonds. The Morgan fingerprint density at radius 2 is 1.88 bits per heavy atom. The first-order valence-corrected chi connectivity index (χ1v) is 8.29. The Labute approximate surface area is 152 Å². The number of halogens is 1. The summed E-state index contributed by atoms with van der Waals surface area (Å²) in [5.74, 6) is -2.07. The zero-order chi connectivity index (χ0) is 18.7. The molecule has 1 aromatic rings. The number of ether oxygens (including phenoxy) is 3. The average Bonchev–Trinajstić information content (AvgIpc) is 2.58. The maximum atomic E-state index is 12.3. The van der Waals surface area contributed by atoms with Crippen molar-refractivity contribution in [2.75, 3.05) is 33.7 Å². The van der Waals surface area contributed by atoms with Crippen molar-refractivity contribution >= 4 is 23.5 Å². The van der Waals surface area contributed by atoms with Gasteiger partial charge in [-0.05, 0) is 37.6 Å². The summed E-state index contributed by atoms with van der Waals surface area (Å²) in [4.78, 5) is 23.7. The number of hydrogen-bond acceptors (Lipinski definition) is 5. The molecule has 0 unspecified atom stereocenters. The summed E-state index contributed by atoms with van der Waals surface area (Å²) >= 11 is 5.81. The van der Waals surface area contributed by atoms with E-state index in [-0.39, 0.29) is 32.3 Å². The van der Waals surface area contributed by atoms with Crippen molar-refractivity contribution in [1.82, 2.24) is 5.32 Å². The minimum atomic E-state index is -0.989. The second-order valence-electron chi connectivity index (χ2n) is 5.38. The molecule has 1 rings (SSSR count). The number of rotatable bonds is 12. The highest BCUT2D eigenvalue weighted by Gasteiger charge is 2.24. The Kier molecular flexibility index (Phi) is 10.1. The molecule has 0 aliphatic rings. The van der Waals surface area contributed by atoms with E-state index < -0.39 is 17.9 Å². The van der Waals surface area contributed by atoms with Crippen molar-refractivity contribution in [3.63, 3.8) is 0 Å². The van der Waals surface area contributed by atoms with Crippen LogP contribution >= 0.6 is 11.6 Å². The van der Waals surface area contributed by atoms with E-state index in [0.29, 0.717) is 17.2 Å². The van der Waals surface area contributed by atoms with Crippen LogP contribution in [0.15, 0.2) is 24.3 Å². The van der Waals surface area contributed by atoms with Gasteiger partial charge in [0.15, 0.2) is 0 Å². The topological polar surface area (TPSA) is 94.1 Å². The Morgan fingerprint density at radius 3 is 2.44 bits per heavy atom. The van der Waals surface area contributed by atoms with Crippen LogP contribution in [0.2, 0.25) is 5.02 Å². The number of carbonyl (C=O) groups excluding carboxylic acids is 1.